The predicted octanol–water partition coefficient (Wildman–Crippen LogP) is 4.07. The zero-order valence-electron chi connectivity index (χ0n) is 19.8. The van der Waals surface area contributed by atoms with Gasteiger partial charge in [-0.15, -0.1) is 0 Å². The number of rotatable bonds is 8. The van der Waals surface area contributed by atoms with E-state index in [9.17, 15) is 17.6 Å². The molecule has 36 heavy (non-hydrogen) atoms. The van der Waals surface area contributed by atoms with Crippen LogP contribution in [0.25, 0.3) is 0 Å². The number of hydrogen-bond donors (Lipinski definition) is 1. The first-order chi connectivity index (χ1) is 17.2. The summed E-state index contributed by atoms with van der Waals surface area (Å²) in [6.07, 6.45) is 1.47. The number of nitrogens with one attached hydrogen (secondary N) is 1. The minimum atomic E-state index is -4.22. The van der Waals surface area contributed by atoms with E-state index in [0.29, 0.717) is 30.6 Å². The highest BCUT2D eigenvalue weighted by Crippen LogP contribution is 2.34. The number of benzene rings is 3. The first kappa shape index (κ1) is 25.2. The summed E-state index contributed by atoms with van der Waals surface area (Å²) in [7, 11) is -4.22. The molecule has 1 aliphatic rings. The van der Waals surface area contributed by atoms with Gasteiger partial charge in [0.25, 0.3) is 15.9 Å². The van der Waals surface area contributed by atoms with E-state index < -0.39 is 28.3 Å². The summed E-state index contributed by atoms with van der Waals surface area (Å²) in [5.74, 6) is -0.0892. The molecule has 0 aliphatic carbocycles. The lowest BCUT2D eigenvalue weighted by Gasteiger charge is -2.25. The van der Waals surface area contributed by atoms with Gasteiger partial charge < -0.3 is 9.47 Å². The van der Waals surface area contributed by atoms with E-state index in [0.717, 1.165) is 22.0 Å². The maximum atomic E-state index is 13.5. The summed E-state index contributed by atoms with van der Waals surface area (Å²) in [6, 6.07) is 16.7. The molecular weight excluding hydrogens is 485 g/mol. The number of hydrogen-bond acceptors (Lipinski definition) is 6. The zero-order valence-corrected chi connectivity index (χ0v) is 20.7. The molecule has 1 N–H and O–H groups in total. The van der Waals surface area contributed by atoms with Crippen molar-refractivity contribution in [3.05, 3.63) is 83.7 Å². The Balaban J connectivity index is 1.55. The van der Waals surface area contributed by atoms with E-state index in [1.807, 2.05) is 24.3 Å². The summed E-state index contributed by atoms with van der Waals surface area (Å²) >= 11 is 0. The smallest absolute Gasteiger partial charge is 0.264 e. The quantitative estimate of drug-likeness (QED) is 0.363. The number of sulfonamides is 1. The van der Waals surface area contributed by atoms with Crippen LogP contribution in [0.2, 0.25) is 0 Å². The maximum absolute atomic E-state index is 13.5. The molecule has 4 rings (SSSR count). The topological polar surface area (TPSA) is 97.3 Å². The van der Waals surface area contributed by atoms with Crippen molar-refractivity contribution in [1.29, 1.82) is 0 Å². The molecular formula is C26H26FN3O5S. The van der Waals surface area contributed by atoms with Crippen molar-refractivity contribution in [3.63, 3.8) is 0 Å². The Morgan fingerprint density at radius 3 is 2.36 bits per heavy atom. The van der Waals surface area contributed by atoms with Crippen LogP contribution in [0.15, 0.2) is 76.7 Å². The fourth-order valence-electron chi connectivity index (χ4n) is 3.55. The van der Waals surface area contributed by atoms with E-state index in [4.69, 9.17) is 9.47 Å². The van der Waals surface area contributed by atoms with Crippen LogP contribution in [-0.2, 0) is 14.8 Å². The van der Waals surface area contributed by atoms with Crippen LogP contribution in [0.1, 0.15) is 30.9 Å². The van der Waals surface area contributed by atoms with Gasteiger partial charge in [-0.2, -0.15) is 5.10 Å². The molecule has 0 atom stereocenters. The van der Waals surface area contributed by atoms with E-state index in [-0.39, 0.29) is 10.6 Å². The van der Waals surface area contributed by atoms with Gasteiger partial charge >= 0.3 is 0 Å². The molecule has 8 nitrogen and oxygen atoms in total. The summed E-state index contributed by atoms with van der Waals surface area (Å²) in [6.45, 7) is 4.26. The van der Waals surface area contributed by atoms with Crippen LogP contribution in [0, 0.1) is 5.82 Å². The fraction of sp³-hybridized carbons (Fsp3) is 0.231. The van der Waals surface area contributed by atoms with Crippen molar-refractivity contribution in [2.24, 2.45) is 5.10 Å². The minimum absolute atomic E-state index is 0.0994. The summed E-state index contributed by atoms with van der Waals surface area (Å²) in [4.78, 5) is 12.6. The van der Waals surface area contributed by atoms with E-state index in [2.05, 4.69) is 24.4 Å². The molecule has 0 unspecified atom stereocenters. The average Bonchev–Trinajstić information content (AvgIpc) is 2.88. The Hall–Kier alpha value is -3.92. The number of carbonyl (C=O) groups excluding carboxylic acids is 1. The first-order valence-electron chi connectivity index (χ1n) is 11.3. The molecule has 0 bridgehead atoms. The molecule has 0 radical (unpaired) electrons. The number of halogens is 1. The Kier molecular flexibility index (Phi) is 7.54. The second-order valence-electron chi connectivity index (χ2n) is 8.41. The maximum Gasteiger partial charge on any atom is 0.264 e. The van der Waals surface area contributed by atoms with Crippen molar-refractivity contribution in [2.45, 2.75) is 24.7 Å². The van der Waals surface area contributed by atoms with Gasteiger partial charge in [-0.3, -0.25) is 9.10 Å². The number of hydrazone groups is 1. The van der Waals surface area contributed by atoms with Gasteiger partial charge in [-0.05, 0) is 53.4 Å². The van der Waals surface area contributed by atoms with Crippen LogP contribution >= 0.6 is 0 Å². The average molecular weight is 512 g/mol. The molecule has 0 saturated carbocycles. The van der Waals surface area contributed by atoms with Gasteiger partial charge in [0.05, 0.1) is 16.8 Å². The highest BCUT2D eigenvalue weighted by molar-refractivity contribution is 7.92. The molecule has 0 fully saturated rings. The van der Waals surface area contributed by atoms with E-state index >= 15 is 0 Å². The van der Waals surface area contributed by atoms with Crippen LogP contribution in [0.4, 0.5) is 10.1 Å². The zero-order chi connectivity index (χ0) is 25.7. The van der Waals surface area contributed by atoms with Gasteiger partial charge in [0.2, 0.25) is 0 Å². The third kappa shape index (κ3) is 5.83. The van der Waals surface area contributed by atoms with Gasteiger partial charge in [0.15, 0.2) is 11.5 Å². The number of fused-ring (bicyclic) bond motifs is 1. The van der Waals surface area contributed by atoms with E-state index in [1.165, 1.54) is 42.1 Å². The predicted molar refractivity (Wildman–Crippen MR) is 135 cm³/mol. The third-order valence-electron chi connectivity index (χ3n) is 5.51. The lowest BCUT2D eigenvalue weighted by molar-refractivity contribution is -0.119. The molecule has 10 heteroatoms. The fourth-order valence-corrected chi connectivity index (χ4v) is 4.98. The molecule has 3 aromatic carbocycles. The Labute approximate surface area is 209 Å². The van der Waals surface area contributed by atoms with Crippen molar-refractivity contribution < 1.29 is 27.1 Å². The molecule has 1 heterocycles. The molecule has 188 valence electrons. The Morgan fingerprint density at radius 1 is 1.03 bits per heavy atom. The number of carbonyl (C=O) groups is 1. The van der Waals surface area contributed by atoms with Gasteiger partial charge in [0.1, 0.15) is 25.6 Å². The Morgan fingerprint density at radius 2 is 1.69 bits per heavy atom. The number of amides is 1. The van der Waals surface area contributed by atoms with Gasteiger partial charge in [-0.25, -0.2) is 18.2 Å². The second kappa shape index (κ2) is 10.8. The standard InChI is InChI=1S/C26H26FN3O5S/c1-18(2)20-5-3-19(4-6-20)16-28-29-26(31)17-30(22-9-7-21(27)8-10-22)36(32,33)23-11-12-24-25(15-23)35-14-13-34-24/h3-12,15-16,18H,13-14,17H2,1-2H3,(H,29,31)/b28-16-. The molecule has 1 aliphatic heterocycles. The van der Waals surface area contributed by atoms with Crippen LogP contribution < -0.4 is 19.2 Å². The highest BCUT2D eigenvalue weighted by Gasteiger charge is 2.29. The highest BCUT2D eigenvalue weighted by atomic mass is 32.2. The van der Waals surface area contributed by atoms with Gasteiger partial charge in [-0.1, -0.05) is 38.1 Å². The van der Waals surface area contributed by atoms with Crippen LogP contribution in [0.5, 0.6) is 11.5 Å². The summed E-state index contributed by atoms with van der Waals surface area (Å²) < 4.78 is 52.4. The monoisotopic (exact) mass is 511 g/mol. The van der Waals surface area contributed by atoms with E-state index in [1.54, 1.807) is 0 Å². The molecule has 3 aromatic rings. The second-order valence-corrected chi connectivity index (χ2v) is 10.3. The number of anilines is 1. The lowest BCUT2D eigenvalue weighted by atomic mass is 10.0. The first-order valence-corrected chi connectivity index (χ1v) is 12.8. The summed E-state index contributed by atoms with van der Waals surface area (Å²) in [5.41, 5.74) is 4.43. The molecule has 0 saturated heterocycles. The normalized spacial score (nSPS) is 13.1. The SMILES string of the molecule is CC(C)c1ccc(/C=N\NC(=O)CN(c2ccc(F)cc2)S(=O)(=O)c2ccc3c(c2)OCCO3)cc1. The summed E-state index contributed by atoms with van der Waals surface area (Å²) in [5, 5.41) is 3.95. The largest absolute Gasteiger partial charge is 0.486 e. The number of nitrogens with zero attached hydrogens (tertiary/aromatic N) is 2. The molecule has 1 amide bonds. The minimum Gasteiger partial charge on any atom is -0.486 e. The van der Waals surface area contributed by atoms with Crippen LogP contribution in [-0.4, -0.2) is 40.3 Å². The van der Waals surface area contributed by atoms with Crippen molar-refractivity contribution in [3.8, 4) is 11.5 Å². The van der Waals surface area contributed by atoms with Crippen molar-refractivity contribution in [2.75, 3.05) is 24.1 Å². The molecule has 0 aromatic heterocycles. The third-order valence-corrected chi connectivity index (χ3v) is 7.28. The molecule has 0 spiro atoms. The Bertz CT molecular complexity index is 1360. The van der Waals surface area contributed by atoms with Crippen molar-refractivity contribution in [1.82, 2.24) is 5.43 Å². The lowest BCUT2D eigenvalue weighted by Crippen LogP contribution is -2.39. The van der Waals surface area contributed by atoms with Crippen molar-refractivity contribution >= 4 is 27.8 Å². The number of ether oxygens (including phenoxy) is 2. The van der Waals surface area contributed by atoms with Crippen LogP contribution in [0.3, 0.4) is 0 Å². The van der Waals surface area contributed by atoms with Gasteiger partial charge in [0, 0.05) is 6.07 Å².